The molecular formula is C39H25N3. The summed E-state index contributed by atoms with van der Waals surface area (Å²) in [6, 6.07) is 49.9. The second-order valence-corrected chi connectivity index (χ2v) is 10.9. The standard InChI is InChI=1S/C39H25N3/c1-3-11-26(12-4-1)35-25-40-39(33-17-8-7-15-31(33)35)42-36-18-10-9-16-32(36)34-22-29-23-37-27(21-28(29)24-38(34)42)19-20-41(37)30-13-5-2-6-14-30/h1-25H. The highest BCUT2D eigenvalue weighted by Gasteiger charge is 2.18. The minimum atomic E-state index is 0.951. The Balaban J connectivity index is 1.34. The Morgan fingerprint density at radius 3 is 1.95 bits per heavy atom. The van der Waals surface area contributed by atoms with E-state index in [0.29, 0.717) is 0 Å². The van der Waals surface area contributed by atoms with Crippen LogP contribution in [0.1, 0.15) is 0 Å². The Morgan fingerprint density at radius 2 is 1.12 bits per heavy atom. The molecule has 0 radical (unpaired) electrons. The fourth-order valence-corrected chi connectivity index (χ4v) is 6.59. The van der Waals surface area contributed by atoms with Crippen molar-refractivity contribution >= 4 is 54.3 Å². The van der Waals surface area contributed by atoms with Crippen molar-refractivity contribution in [2.24, 2.45) is 0 Å². The minimum Gasteiger partial charge on any atom is -0.317 e. The molecule has 3 heterocycles. The lowest BCUT2D eigenvalue weighted by Crippen LogP contribution is -1.99. The van der Waals surface area contributed by atoms with Gasteiger partial charge in [-0.15, -0.1) is 0 Å². The van der Waals surface area contributed by atoms with E-state index in [0.717, 1.165) is 27.8 Å². The molecule has 196 valence electrons. The van der Waals surface area contributed by atoms with Gasteiger partial charge in [-0.3, -0.25) is 4.57 Å². The summed E-state index contributed by atoms with van der Waals surface area (Å²) in [5.41, 5.74) is 7.02. The zero-order chi connectivity index (χ0) is 27.6. The summed E-state index contributed by atoms with van der Waals surface area (Å²) in [5, 5.41) is 8.46. The molecular weight excluding hydrogens is 510 g/mol. The van der Waals surface area contributed by atoms with Gasteiger partial charge < -0.3 is 4.57 Å². The van der Waals surface area contributed by atoms with E-state index in [1.165, 1.54) is 49.1 Å². The van der Waals surface area contributed by atoms with Gasteiger partial charge in [-0.1, -0.05) is 91.0 Å². The van der Waals surface area contributed by atoms with E-state index < -0.39 is 0 Å². The summed E-state index contributed by atoms with van der Waals surface area (Å²) in [6.07, 6.45) is 4.20. The van der Waals surface area contributed by atoms with Gasteiger partial charge in [0.25, 0.3) is 0 Å². The van der Waals surface area contributed by atoms with E-state index in [1.807, 2.05) is 6.20 Å². The number of rotatable bonds is 3. The van der Waals surface area contributed by atoms with Crippen LogP contribution in [0.4, 0.5) is 0 Å². The molecule has 0 atom stereocenters. The van der Waals surface area contributed by atoms with Gasteiger partial charge in [-0.2, -0.15) is 0 Å². The molecule has 0 unspecified atom stereocenters. The summed E-state index contributed by atoms with van der Waals surface area (Å²) >= 11 is 0. The Hall–Kier alpha value is -5.67. The molecule has 0 saturated carbocycles. The number of hydrogen-bond acceptors (Lipinski definition) is 1. The largest absolute Gasteiger partial charge is 0.317 e. The first-order valence-corrected chi connectivity index (χ1v) is 14.3. The Morgan fingerprint density at radius 1 is 0.452 bits per heavy atom. The van der Waals surface area contributed by atoms with Gasteiger partial charge in [-0.05, 0) is 70.3 Å². The van der Waals surface area contributed by atoms with Crippen molar-refractivity contribution < 1.29 is 0 Å². The summed E-state index contributed by atoms with van der Waals surface area (Å²) in [5.74, 6) is 0.951. The lowest BCUT2D eigenvalue weighted by atomic mass is 10.0. The van der Waals surface area contributed by atoms with Crippen molar-refractivity contribution in [2.45, 2.75) is 0 Å². The molecule has 6 aromatic carbocycles. The van der Waals surface area contributed by atoms with Crippen LogP contribution < -0.4 is 0 Å². The van der Waals surface area contributed by atoms with Crippen LogP contribution in [0.5, 0.6) is 0 Å². The van der Waals surface area contributed by atoms with Crippen molar-refractivity contribution in [3.63, 3.8) is 0 Å². The quantitative estimate of drug-likeness (QED) is 0.221. The van der Waals surface area contributed by atoms with Gasteiger partial charge in [0.2, 0.25) is 0 Å². The molecule has 0 amide bonds. The van der Waals surface area contributed by atoms with Crippen molar-refractivity contribution in [1.82, 2.24) is 14.1 Å². The van der Waals surface area contributed by atoms with Crippen LogP contribution in [0.15, 0.2) is 152 Å². The topological polar surface area (TPSA) is 22.8 Å². The van der Waals surface area contributed by atoms with Crippen molar-refractivity contribution in [3.05, 3.63) is 152 Å². The SMILES string of the molecule is c1ccc(-c2cnc(-n3c4ccccc4c4cc5cc6c(ccn6-c6ccccc6)cc5cc43)c3ccccc23)cc1. The smallest absolute Gasteiger partial charge is 0.145 e. The molecule has 3 heteroatoms. The minimum absolute atomic E-state index is 0.951. The fourth-order valence-electron chi connectivity index (χ4n) is 6.59. The van der Waals surface area contributed by atoms with Crippen LogP contribution in [-0.2, 0) is 0 Å². The molecule has 42 heavy (non-hydrogen) atoms. The highest BCUT2D eigenvalue weighted by molar-refractivity contribution is 6.16. The molecule has 0 bridgehead atoms. The Kier molecular flexibility index (Phi) is 4.90. The van der Waals surface area contributed by atoms with E-state index in [-0.39, 0.29) is 0 Å². The number of fused-ring (bicyclic) bond motifs is 6. The maximum Gasteiger partial charge on any atom is 0.145 e. The highest BCUT2D eigenvalue weighted by atomic mass is 15.1. The predicted molar refractivity (Wildman–Crippen MR) is 176 cm³/mol. The number of para-hydroxylation sites is 2. The Labute approximate surface area is 242 Å². The molecule has 0 aliphatic carbocycles. The molecule has 0 aliphatic rings. The lowest BCUT2D eigenvalue weighted by molar-refractivity contribution is 1.10. The van der Waals surface area contributed by atoms with Gasteiger partial charge in [-0.25, -0.2) is 4.98 Å². The van der Waals surface area contributed by atoms with Crippen molar-refractivity contribution in [3.8, 4) is 22.6 Å². The third-order valence-corrected chi connectivity index (χ3v) is 8.54. The number of hydrogen-bond donors (Lipinski definition) is 0. The van der Waals surface area contributed by atoms with Crippen LogP contribution in [0, 0.1) is 0 Å². The first-order chi connectivity index (χ1) is 20.8. The molecule has 3 nitrogen and oxygen atoms in total. The maximum absolute atomic E-state index is 5.15. The third kappa shape index (κ3) is 3.37. The maximum atomic E-state index is 5.15. The van der Waals surface area contributed by atoms with Crippen LogP contribution in [0.25, 0.3) is 76.9 Å². The van der Waals surface area contributed by atoms with E-state index in [9.17, 15) is 0 Å². The monoisotopic (exact) mass is 535 g/mol. The van der Waals surface area contributed by atoms with Crippen molar-refractivity contribution in [1.29, 1.82) is 0 Å². The molecule has 9 rings (SSSR count). The average molecular weight is 536 g/mol. The Bertz CT molecular complexity index is 2450. The molecule has 9 aromatic rings. The van der Waals surface area contributed by atoms with Crippen LogP contribution in [-0.4, -0.2) is 14.1 Å². The molecule has 0 saturated heterocycles. The van der Waals surface area contributed by atoms with E-state index >= 15 is 0 Å². The zero-order valence-corrected chi connectivity index (χ0v) is 22.8. The fraction of sp³-hybridized carbons (Fsp3) is 0. The second-order valence-electron chi connectivity index (χ2n) is 10.9. The molecule has 0 spiro atoms. The molecule has 0 fully saturated rings. The predicted octanol–water partition coefficient (Wildman–Crippen LogP) is 10.1. The van der Waals surface area contributed by atoms with Gasteiger partial charge in [0.1, 0.15) is 5.82 Å². The lowest BCUT2D eigenvalue weighted by Gasteiger charge is -2.14. The number of nitrogens with zero attached hydrogens (tertiary/aromatic N) is 3. The first-order valence-electron chi connectivity index (χ1n) is 14.3. The highest BCUT2D eigenvalue weighted by Crippen LogP contribution is 2.39. The number of aromatic nitrogens is 3. The first kappa shape index (κ1) is 23.1. The van der Waals surface area contributed by atoms with Gasteiger partial charge in [0.05, 0.1) is 16.6 Å². The van der Waals surface area contributed by atoms with E-state index in [4.69, 9.17) is 4.98 Å². The third-order valence-electron chi connectivity index (χ3n) is 8.54. The van der Waals surface area contributed by atoms with E-state index in [2.05, 4.69) is 155 Å². The molecule has 0 aliphatic heterocycles. The number of pyridine rings is 1. The van der Waals surface area contributed by atoms with E-state index in [1.54, 1.807) is 0 Å². The van der Waals surface area contributed by atoms with Crippen LogP contribution in [0.3, 0.4) is 0 Å². The summed E-state index contributed by atoms with van der Waals surface area (Å²) in [4.78, 5) is 5.15. The second kappa shape index (κ2) is 8.92. The number of benzene rings is 6. The molecule has 0 N–H and O–H groups in total. The summed E-state index contributed by atoms with van der Waals surface area (Å²) in [6.45, 7) is 0. The zero-order valence-electron chi connectivity index (χ0n) is 22.8. The van der Waals surface area contributed by atoms with Gasteiger partial charge in [0, 0.05) is 45.2 Å². The van der Waals surface area contributed by atoms with Crippen LogP contribution >= 0.6 is 0 Å². The molecule has 3 aromatic heterocycles. The normalized spacial score (nSPS) is 11.8. The van der Waals surface area contributed by atoms with Gasteiger partial charge >= 0.3 is 0 Å². The summed E-state index contributed by atoms with van der Waals surface area (Å²) < 4.78 is 4.62. The van der Waals surface area contributed by atoms with Crippen LogP contribution in [0.2, 0.25) is 0 Å². The van der Waals surface area contributed by atoms with Gasteiger partial charge in [0.15, 0.2) is 0 Å². The summed E-state index contributed by atoms with van der Waals surface area (Å²) in [7, 11) is 0. The average Bonchev–Trinajstić information content (AvgIpc) is 3.61. The van der Waals surface area contributed by atoms with Crippen molar-refractivity contribution in [2.75, 3.05) is 0 Å².